The van der Waals surface area contributed by atoms with Gasteiger partial charge in [0.15, 0.2) is 0 Å². The smallest absolute Gasteiger partial charge is 0.295 e. The highest BCUT2D eigenvalue weighted by Crippen LogP contribution is 2.30. The van der Waals surface area contributed by atoms with Gasteiger partial charge in [-0.15, -0.1) is 0 Å². The lowest BCUT2D eigenvalue weighted by atomic mass is 10.2. The minimum atomic E-state index is -0.629. The van der Waals surface area contributed by atoms with E-state index in [1.165, 1.54) is 18.9 Å². The van der Waals surface area contributed by atoms with Gasteiger partial charge in [0.1, 0.15) is 11.5 Å². The van der Waals surface area contributed by atoms with Crippen molar-refractivity contribution in [2.24, 2.45) is 0 Å². The summed E-state index contributed by atoms with van der Waals surface area (Å²) in [5.41, 5.74) is 0.107. The van der Waals surface area contributed by atoms with Gasteiger partial charge in [0.05, 0.1) is 15.5 Å². The molecule has 5 nitrogen and oxygen atoms in total. The van der Waals surface area contributed by atoms with E-state index in [0.29, 0.717) is 18.3 Å². The molecule has 110 valence electrons. The molecule has 1 N–H and O–H groups in total. The molecule has 0 aromatic heterocycles. The molecule has 0 saturated heterocycles. The molecule has 20 heavy (non-hydrogen) atoms. The Hall–Kier alpha value is -1.21. The van der Waals surface area contributed by atoms with Crippen LogP contribution in [0.5, 0.6) is 0 Å². The van der Waals surface area contributed by atoms with Gasteiger partial charge in [-0.1, -0.05) is 6.92 Å². The normalized spacial score (nSPS) is 14.6. The van der Waals surface area contributed by atoms with Crippen LogP contribution in [0.15, 0.2) is 16.6 Å². The van der Waals surface area contributed by atoms with Crippen LogP contribution in [0.2, 0.25) is 0 Å². The van der Waals surface area contributed by atoms with Crippen molar-refractivity contribution < 1.29 is 9.31 Å². The van der Waals surface area contributed by atoms with Gasteiger partial charge in [-0.2, -0.15) is 0 Å². The van der Waals surface area contributed by atoms with E-state index in [1.54, 1.807) is 0 Å². The Bertz CT molecular complexity index is 509. The van der Waals surface area contributed by atoms with E-state index >= 15 is 0 Å². The maximum absolute atomic E-state index is 13.4. The predicted molar refractivity (Wildman–Crippen MR) is 79.5 cm³/mol. The highest BCUT2D eigenvalue weighted by atomic mass is 79.9. The van der Waals surface area contributed by atoms with E-state index in [4.69, 9.17) is 0 Å². The number of rotatable bonds is 7. The van der Waals surface area contributed by atoms with Crippen LogP contribution in [0.1, 0.15) is 19.8 Å². The molecule has 0 heterocycles. The number of halogens is 2. The number of likely N-dealkylation sites (N-methyl/N-ethyl adjacent to an activating group) is 1. The van der Waals surface area contributed by atoms with Gasteiger partial charge >= 0.3 is 0 Å². The molecule has 1 aliphatic rings. The Labute approximate surface area is 125 Å². The number of benzene rings is 1. The van der Waals surface area contributed by atoms with Gasteiger partial charge in [-0.3, -0.25) is 15.0 Å². The minimum absolute atomic E-state index is 0.222. The van der Waals surface area contributed by atoms with Gasteiger partial charge in [0.25, 0.3) is 5.69 Å². The largest absolute Gasteiger partial charge is 0.378 e. The summed E-state index contributed by atoms with van der Waals surface area (Å²) in [6, 6.07) is 3.02. The molecule has 1 fully saturated rings. The van der Waals surface area contributed by atoms with Crippen molar-refractivity contribution in [1.29, 1.82) is 0 Å². The highest BCUT2D eigenvalue weighted by molar-refractivity contribution is 9.10. The lowest BCUT2D eigenvalue weighted by Crippen LogP contribution is -2.31. The van der Waals surface area contributed by atoms with Crippen molar-refractivity contribution >= 4 is 27.3 Å². The molecule has 1 aromatic carbocycles. The zero-order valence-electron chi connectivity index (χ0n) is 11.2. The number of nitro benzene ring substituents is 1. The Morgan fingerprint density at radius 2 is 2.25 bits per heavy atom. The van der Waals surface area contributed by atoms with Gasteiger partial charge in [0, 0.05) is 19.1 Å². The Balaban J connectivity index is 2.00. The number of nitrogens with one attached hydrogen (secondary N) is 1. The zero-order valence-corrected chi connectivity index (χ0v) is 12.8. The first-order valence-electron chi connectivity index (χ1n) is 6.64. The predicted octanol–water partition coefficient (Wildman–Crippen LogP) is 3.39. The van der Waals surface area contributed by atoms with Crippen LogP contribution < -0.4 is 5.32 Å². The summed E-state index contributed by atoms with van der Waals surface area (Å²) in [7, 11) is 0. The van der Waals surface area contributed by atoms with Crippen LogP contribution in [0.25, 0.3) is 0 Å². The van der Waals surface area contributed by atoms with Crippen LogP contribution in [0, 0.1) is 15.9 Å². The summed E-state index contributed by atoms with van der Waals surface area (Å²) >= 11 is 3.05. The lowest BCUT2D eigenvalue weighted by Gasteiger charge is -2.20. The highest BCUT2D eigenvalue weighted by Gasteiger charge is 2.27. The van der Waals surface area contributed by atoms with E-state index in [2.05, 4.69) is 33.1 Å². The average Bonchev–Trinajstić information content (AvgIpc) is 3.22. The average molecular weight is 346 g/mol. The fraction of sp³-hybridized carbons (Fsp3) is 0.538. The van der Waals surface area contributed by atoms with Gasteiger partial charge in [-0.05, 0) is 41.4 Å². The van der Waals surface area contributed by atoms with Crippen molar-refractivity contribution in [1.82, 2.24) is 4.90 Å². The Morgan fingerprint density at radius 3 is 2.80 bits per heavy atom. The third-order valence-electron chi connectivity index (χ3n) is 3.42. The molecule has 0 atom stereocenters. The second-order valence-corrected chi connectivity index (χ2v) is 5.68. The van der Waals surface area contributed by atoms with Crippen LogP contribution in [-0.4, -0.2) is 35.5 Å². The first-order valence-corrected chi connectivity index (χ1v) is 7.43. The molecule has 1 aromatic rings. The number of hydrogen-bond acceptors (Lipinski definition) is 4. The molecular formula is C13H17BrFN3O2. The molecule has 0 unspecified atom stereocenters. The third kappa shape index (κ3) is 3.67. The van der Waals surface area contributed by atoms with Crippen molar-refractivity contribution in [3.8, 4) is 0 Å². The number of nitrogens with zero attached hydrogens (tertiary/aromatic N) is 2. The van der Waals surface area contributed by atoms with Gasteiger partial charge < -0.3 is 5.32 Å². The lowest BCUT2D eigenvalue weighted by molar-refractivity contribution is -0.384. The SMILES string of the molecule is CCN(CCNc1cc(Br)c(F)cc1[N+](=O)[O-])C1CC1. The summed E-state index contributed by atoms with van der Waals surface area (Å²) in [5, 5.41) is 14.0. The first-order chi connectivity index (χ1) is 9.52. The quantitative estimate of drug-likeness (QED) is 0.607. The number of anilines is 1. The second kappa shape index (κ2) is 6.49. The Morgan fingerprint density at radius 1 is 1.55 bits per heavy atom. The molecule has 0 amide bonds. The van der Waals surface area contributed by atoms with E-state index in [1.807, 2.05) is 0 Å². The summed E-state index contributed by atoms with van der Waals surface area (Å²) in [4.78, 5) is 12.7. The van der Waals surface area contributed by atoms with E-state index in [-0.39, 0.29) is 10.2 Å². The van der Waals surface area contributed by atoms with Gasteiger partial charge in [-0.25, -0.2) is 4.39 Å². The molecule has 1 aliphatic carbocycles. The molecule has 0 bridgehead atoms. The molecule has 0 radical (unpaired) electrons. The van der Waals surface area contributed by atoms with E-state index in [9.17, 15) is 14.5 Å². The fourth-order valence-corrected chi connectivity index (χ4v) is 2.55. The monoisotopic (exact) mass is 345 g/mol. The van der Waals surface area contributed by atoms with E-state index in [0.717, 1.165) is 19.2 Å². The summed E-state index contributed by atoms with van der Waals surface area (Å²) in [6.07, 6.45) is 2.46. The van der Waals surface area contributed by atoms with Crippen LogP contribution in [0.3, 0.4) is 0 Å². The minimum Gasteiger partial charge on any atom is -0.378 e. The first kappa shape index (κ1) is 15.2. The second-order valence-electron chi connectivity index (χ2n) is 4.83. The number of hydrogen-bond donors (Lipinski definition) is 1. The zero-order chi connectivity index (χ0) is 14.7. The van der Waals surface area contributed by atoms with Gasteiger partial charge in [0.2, 0.25) is 0 Å². The van der Waals surface area contributed by atoms with E-state index < -0.39 is 10.7 Å². The fourth-order valence-electron chi connectivity index (χ4n) is 2.20. The Kier molecular flexibility index (Phi) is 4.93. The summed E-state index contributed by atoms with van der Waals surface area (Å²) in [5.74, 6) is -0.629. The molecule has 7 heteroatoms. The van der Waals surface area contributed by atoms with Crippen molar-refractivity contribution in [2.45, 2.75) is 25.8 Å². The summed E-state index contributed by atoms with van der Waals surface area (Å²) < 4.78 is 13.6. The van der Waals surface area contributed by atoms with Crippen LogP contribution in [-0.2, 0) is 0 Å². The third-order valence-corrected chi connectivity index (χ3v) is 4.03. The van der Waals surface area contributed by atoms with Crippen LogP contribution >= 0.6 is 15.9 Å². The van der Waals surface area contributed by atoms with Crippen molar-refractivity contribution in [3.05, 3.63) is 32.5 Å². The van der Waals surface area contributed by atoms with Crippen LogP contribution in [0.4, 0.5) is 15.8 Å². The number of nitro groups is 1. The van der Waals surface area contributed by atoms with Crippen molar-refractivity contribution in [3.63, 3.8) is 0 Å². The topological polar surface area (TPSA) is 58.4 Å². The van der Waals surface area contributed by atoms with Crippen molar-refractivity contribution in [2.75, 3.05) is 25.0 Å². The molecule has 2 rings (SSSR count). The molecule has 0 aliphatic heterocycles. The molecule has 1 saturated carbocycles. The maximum Gasteiger partial charge on any atom is 0.295 e. The molecular weight excluding hydrogens is 329 g/mol. The standard InChI is InChI=1S/C13H17BrFN3O2/c1-2-17(9-3-4-9)6-5-16-12-7-10(14)11(15)8-13(12)18(19)20/h7-9,16H,2-6H2,1H3. The molecule has 0 spiro atoms. The maximum atomic E-state index is 13.4. The summed E-state index contributed by atoms with van der Waals surface area (Å²) in [6.45, 7) is 4.51.